The normalized spacial score (nSPS) is 22.9. The second-order valence-electron chi connectivity index (χ2n) is 3.81. The van der Waals surface area contributed by atoms with Gasteiger partial charge in [0.15, 0.2) is 0 Å². The molecule has 1 aromatic heterocycles. The third kappa shape index (κ3) is 2.91. The maximum atomic E-state index is 5.89. The topological polar surface area (TPSA) is 34.1 Å². The van der Waals surface area contributed by atoms with Crippen molar-refractivity contribution in [3.8, 4) is 0 Å². The van der Waals surface area contributed by atoms with Gasteiger partial charge in [-0.3, -0.25) is 0 Å². The molecule has 1 aliphatic heterocycles. The average molecular weight is 227 g/mol. The highest BCUT2D eigenvalue weighted by molar-refractivity contribution is 6.29. The van der Waals surface area contributed by atoms with Crippen molar-refractivity contribution in [2.45, 2.75) is 25.6 Å². The molecule has 0 bridgehead atoms. The summed E-state index contributed by atoms with van der Waals surface area (Å²) < 4.78 is 5.89. The Labute approximate surface area is 94.8 Å². The van der Waals surface area contributed by atoms with Crippen molar-refractivity contribution < 1.29 is 4.74 Å². The van der Waals surface area contributed by atoms with Gasteiger partial charge in [0, 0.05) is 12.7 Å². The van der Waals surface area contributed by atoms with Crippen molar-refractivity contribution in [1.29, 1.82) is 0 Å². The van der Waals surface area contributed by atoms with Gasteiger partial charge in [0.25, 0.3) is 0 Å². The molecule has 3 nitrogen and oxygen atoms in total. The van der Waals surface area contributed by atoms with E-state index < -0.39 is 0 Å². The van der Waals surface area contributed by atoms with Crippen molar-refractivity contribution in [2.75, 3.05) is 13.1 Å². The predicted molar refractivity (Wildman–Crippen MR) is 60.0 cm³/mol. The number of hydrogen-bond donors (Lipinski definition) is 1. The zero-order valence-electron chi connectivity index (χ0n) is 8.74. The molecule has 0 aliphatic carbocycles. The molecule has 1 saturated heterocycles. The minimum Gasteiger partial charge on any atom is -0.369 e. The Kier molecular flexibility index (Phi) is 3.57. The molecular weight excluding hydrogens is 212 g/mol. The summed E-state index contributed by atoms with van der Waals surface area (Å²) in [6.45, 7) is 4.05. The molecule has 1 fully saturated rings. The minimum atomic E-state index is 0.0830. The molecule has 1 N–H and O–H groups in total. The van der Waals surface area contributed by atoms with Crippen LogP contribution >= 0.6 is 11.6 Å². The molecule has 0 aromatic carbocycles. The summed E-state index contributed by atoms with van der Waals surface area (Å²) >= 11 is 5.72. The average Bonchev–Trinajstić information content (AvgIpc) is 2.71. The number of pyridine rings is 1. The van der Waals surface area contributed by atoms with Gasteiger partial charge in [0.05, 0.1) is 12.2 Å². The van der Waals surface area contributed by atoms with E-state index in [2.05, 4.69) is 10.3 Å². The summed E-state index contributed by atoms with van der Waals surface area (Å²) in [4.78, 5) is 4.04. The third-order valence-corrected chi connectivity index (χ3v) is 2.85. The third-order valence-electron chi connectivity index (χ3n) is 2.63. The molecule has 0 unspecified atom stereocenters. The maximum absolute atomic E-state index is 5.89. The van der Waals surface area contributed by atoms with E-state index in [-0.39, 0.29) is 6.10 Å². The van der Waals surface area contributed by atoms with Crippen LogP contribution in [0.1, 0.15) is 25.0 Å². The van der Waals surface area contributed by atoms with Crippen LogP contribution in [0.3, 0.4) is 0 Å². The van der Waals surface area contributed by atoms with Gasteiger partial charge in [-0.25, -0.2) is 4.98 Å². The van der Waals surface area contributed by atoms with Gasteiger partial charge in [-0.2, -0.15) is 0 Å². The molecule has 1 aromatic rings. The fourth-order valence-electron chi connectivity index (χ4n) is 1.74. The molecule has 2 rings (SSSR count). The number of rotatable bonds is 3. The molecular formula is C11H15ClN2O. The first-order chi connectivity index (χ1) is 7.25. The van der Waals surface area contributed by atoms with Crippen LogP contribution < -0.4 is 5.32 Å². The molecule has 15 heavy (non-hydrogen) atoms. The van der Waals surface area contributed by atoms with Crippen LogP contribution in [-0.2, 0) is 4.74 Å². The monoisotopic (exact) mass is 226 g/mol. The van der Waals surface area contributed by atoms with Crippen molar-refractivity contribution in [3.05, 3.63) is 29.0 Å². The summed E-state index contributed by atoms with van der Waals surface area (Å²) in [5.41, 5.74) is 1.08. The number of halogens is 1. The largest absolute Gasteiger partial charge is 0.369 e. The molecule has 2 heterocycles. The SMILES string of the molecule is C[C@H](O[C@@H]1CCNC1)c1ccc(Cl)nc1. The Balaban J connectivity index is 1.94. The van der Waals surface area contributed by atoms with Crippen molar-refractivity contribution in [2.24, 2.45) is 0 Å². The lowest BCUT2D eigenvalue weighted by atomic mass is 10.2. The highest BCUT2D eigenvalue weighted by Crippen LogP contribution is 2.20. The van der Waals surface area contributed by atoms with E-state index in [0.717, 1.165) is 25.1 Å². The van der Waals surface area contributed by atoms with Gasteiger partial charge in [0.2, 0.25) is 0 Å². The second-order valence-corrected chi connectivity index (χ2v) is 4.19. The summed E-state index contributed by atoms with van der Waals surface area (Å²) in [5.74, 6) is 0. The summed E-state index contributed by atoms with van der Waals surface area (Å²) in [6, 6.07) is 3.76. The van der Waals surface area contributed by atoms with Gasteiger partial charge < -0.3 is 10.1 Å². The molecule has 0 amide bonds. The van der Waals surface area contributed by atoms with Crippen molar-refractivity contribution >= 4 is 11.6 Å². The first-order valence-corrected chi connectivity index (χ1v) is 5.61. The molecule has 82 valence electrons. The quantitative estimate of drug-likeness (QED) is 0.803. The van der Waals surface area contributed by atoms with Crippen LogP contribution in [0.4, 0.5) is 0 Å². The van der Waals surface area contributed by atoms with E-state index in [0.29, 0.717) is 11.3 Å². The summed E-state index contributed by atoms with van der Waals surface area (Å²) in [6.07, 6.45) is 3.27. The zero-order valence-corrected chi connectivity index (χ0v) is 9.50. The number of nitrogens with one attached hydrogen (secondary N) is 1. The minimum absolute atomic E-state index is 0.0830. The Bertz CT molecular complexity index is 309. The van der Waals surface area contributed by atoms with Gasteiger partial charge in [-0.05, 0) is 31.5 Å². The van der Waals surface area contributed by atoms with Gasteiger partial charge in [-0.1, -0.05) is 17.7 Å². The van der Waals surface area contributed by atoms with Crippen LogP contribution in [0.2, 0.25) is 5.15 Å². The molecule has 1 aliphatic rings. The Hall–Kier alpha value is -0.640. The zero-order chi connectivity index (χ0) is 10.7. The Morgan fingerprint density at radius 1 is 1.60 bits per heavy atom. The van der Waals surface area contributed by atoms with Crippen LogP contribution in [0.25, 0.3) is 0 Å². The van der Waals surface area contributed by atoms with Crippen LogP contribution in [0.5, 0.6) is 0 Å². The fraction of sp³-hybridized carbons (Fsp3) is 0.545. The first kappa shape index (κ1) is 10.9. The molecule has 4 heteroatoms. The van der Waals surface area contributed by atoms with E-state index >= 15 is 0 Å². The lowest BCUT2D eigenvalue weighted by Gasteiger charge is -2.17. The standard InChI is InChI=1S/C11H15ClN2O/c1-8(15-10-4-5-13-7-10)9-2-3-11(12)14-6-9/h2-3,6,8,10,13H,4-5,7H2,1H3/t8-,10+/m0/s1. The molecule has 0 radical (unpaired) electrons. The Morgan fingerprint density at radius 2 is 2.47 bits per heavy atom. The van der Waals surface area contributed by atoms with Crippen LogP contribution in [-0.4, -0.2) is 24.2 Å². The Morgan fingerprint density at radius 3 is 3.07 bits per heavy atom. The van der Waals surface area contributed by atoms with Gasteiger partial charge >= 0.3 is 0 Å². The van der Waals surface area contributed by atoms with E-state index in [1.807, 2.05) is 13.0 Å². The number of hydrogen-bond acceptors (Lipinski definition) is 3. The van der Waals surface area contributed by atoms with E-state index in [1.165, 1.54) is 0 Å². The van der Waals surface area contributed by atoms with Gasteiger partial charge in [-0.15, -0.1) is 0 Å². The summed E-state index contributed by atoms with van der Waals surface area (Å²) in [7, 11) is 0. The summed E-state index contributed by atoms with van der Waals surface area (Å²) in [5, 5.41) is 3.80. The van der Waals surface area contributed by atoms with Crippen molar-refractivity contribution in [1.82, 2.24) is 10.3 Å². The predicted octanol–water partition coefficient (Wildman–Crippen LogP) is 2.17. The van der Waals surface area contributed by atoms with E-state index in [4.69, 9.17) is 16.3 Å². The first-order valence-electron chi connectivity index (χ1n) is 5.23. The maximum Gasteiger partial charge on any atom is 0.129 e. The van der Waals surface area contributed by atoms with Crippen molar-refractivity contribution in [3.63, 3.8) is 0 Å². The fourth-order valence-corrected chi connectivity index (χ4v) is 1.85. The highest BCUT2D eigenvalue weighted by atomic mass is 35.5. The number of ether oxygens (including phenoxy) is 1. The molecule has 0 saturated carbocycles. The number of nitrogens with zero attached hydrogens (tertiary/aromatic N) is 1. The number of aromatic nitrogens is 1. The smallest absolute Gasteiger partial charge is 0.129 e. The highest BCUT2D eigenvalue weighted by Gasteiger charge is 2.18. The molecule has 0 spiro atoms. The lowest BCUT2D eigenvalue weighted by molar-refractivity contribution is 0.00812. The van der Waals surface area contributed by atoms with Gasteiger partial charge in [0.1, 0.15) is 5.15 Å². The van der Waals surface area contributed by atoms with Crippen LogP contribution in [0.15, 0.2) is 18.3 Å². The van der Waals surface area contributed by atoms with Crippen LogP contribution in [0, 0.1) is 0 Å². The molecule has 2 atom stereocenters. The lowest BCUT2D eigenvalue weighted by Crippen LogP contribution is -2.18. The van der Waals surface area contributed by atoms with E-state index in [1.54, 1.807) is 12.3 Å². The van der Waals surface area contributed by atoms with E-state index in [9.17, 15) is 0 Å². The second kappa shape index (κ2) is 4.92.